The number of carbonyl (C=O) groups is 1. The molecule has 0 aliphatic heterocycles. The number of phenolic OH excluding ortho intramolecular Hbond substituents is 1. The second-order valence-corrected chi connectivity index (χ2v) is 5.61. The molecule has 0 aliphatic rings. The zero-order valence-electron chi connectivity index (χ0n) is 14.3. The van der Waals surface area contributed by atoms with Gasteiger partial charge in [-0.15, -0.1) is 10.2 Å². The van der Waals surface area contributed by atoms with Crippen LogP contribution in [0.3, 0.4) is 0 Å². The lowest BCUT2D eigenvalue weighted by Crippen LogP contribution is -2.07. The molecule has 0 saturated heterocycles. The maximum atomic E-state index is 13.6. The Kier molecular flexibility index (Phi) is 4.92. The van der Waals surface area contributed by atoms with Crippen molar-refractivity contribution in [3.63, 3.8) is 0 Å². The number of fused-ring (bicyclic) bond motifs is 1. The second kappa shape index (κ2) is 7.30. The van der Waals surface area contributed by atoms with Crippen molar-refractivity contribution in [2.45, 2.75) is 20.3 Å². The Bertz CT molecular complexity index is 998. The lowest BCUT2D eigenvalue weighted by atomic mass is 10.2. The van der Waals surface area contributed by atoms with E-state index in [4.69, 9.17) is 4.74 Å². The molecule has 134 valence electrons. The van der Waals surface area contributed by atoms with Gasteiger partial charge in [0.15, 0.2) is 5.82 Å². The summed E-state index contributed by atoms with van der Waals surface area (Å²) in [5.74, 6) is -0.537. The summed E-state index contributed by atoms with van der Waals surface area (Å²) < 4.78 is 20.0. The molecule has 2 aromatic heterocycles. The van der Waals surface area contributed by atoms with Crippen LogP contribution < -0.4 is 0 Å². The van der Waals surface area contributed by atoms with Crippen molar-refractivity contribution in [2.24, 2.45) is 10.2 Å². The van der Waals surface area contributed by atoms with Crippen LogP contribution in [0, 0.1) is 12.7 Å². The van der Waals surface area contributed by atoms with Gasteiger partial charge < -0.3 is 9.84 Å². The zero-order valence-corrected chi connectivity index (χ0v) is 14.3. The number of halogens is 1. The molecule has 0 spiro atoms. The largest absolute Gasteiger partial charge is 0.508 e. The summed E-state index contributed by atoms with van der Waals surface area (Å²) >= 11 is 0. The standard InChI is InChI=1S/C18H17FN4O3/c1-3-26-17(25)9-15-18(23-10-12(19)4-7-16(23)20-15)22-21-14-6-5-13(24)8-11(14)2/h4-8,10,24H,3,9H2,1-2H3. The number of nitrogens with zero attached hydrogens (tertiary/aromatic N) is 4. The molecule has 0 bridgehead atoms. The van der Waals surface area contributed by atoms with E-state index in [1.807, 2.05) is 0 Å². The first kappa shape index (κ1) is 17.5. The van der Waals surface area contributed by atoms with Crippen LogP contribution in [-0.4, -0.2) is 27.1 Å². The van der Waals surface area contributed by atoms with Crippen LogP contribution in [-0.2, 0) is 16.0 Å². The van der Waals surface area contributed by atoms with Crippen LogP contribution >= 0.6 is 0 Å². The van der Waals surface area contributed by atoms with Gasteiger partial charge in [0.2, 0.25) is 0 Å². The Morgan fingerprint density at radius 2 is 2.12 bits per heavy atom. The van der Waals surface area contributed by atoms with Crippen LogP contribution in [0.1, 0.15) is 18.2 Å². The molecule has 26 heavy (non-hydrogen) atoms. The number of benzene rings is 1. The number of aromatic nitrogens is 2. The molecule has 0 fully saturated rings. The number of pyridine rings is 1. The normalized spacial score (nSPS) is 11.3. The highest BCUT2D eigenvalue weighted by molar-refractivity contribution is 5.74. The molecule has 0 aliphatic carbocycles. The molecule has 0 saturated carbocycles. The summed E-state index contributed by atoms with van der Waals surface area (Å²) in [5.41, 5.74) is 2.05. The summed E-state index contributed by atoms with van der Waals surface area (Å²) in [7, 11) is 0. The van der Waals surface area contributed by atoms with Gasteiger partial charge in [0.05, 0.1) is 24.4 Å². The Hall–Kier alpha value is -3.29. The number of azo groups is 1. The van der Waals surface area contributed by atoms with Crippen LogP contribution in [0.2, 0.25) is 0 Å². The molecule has 8 heteroatoms. The van der Waals surface area contributed by atoms with Gasteiger partial charge in [0.25, 0.3) is 0 Å². The van der Waals surface area contributed by atoms with Crippen molar-refractivity contribution in [3.8, 4) is 5.75 Å². The fraction of sp³-hybridized carbons (Fsp3) is 0.222. The first-order valence-corrected chi connectivity index (χ1v) is 8.01. The number of carbonyl (C=O) groups excluding carboxylic acids is 1. The van der Waals surface area contributed by atoms with E-state index in [-0.39, 0.29) is 24.6 Å². The van der Waals surface area contributed by atoms with Gasteiger partial charge in [0.1, 0.15) is 17.2 Å². The summed E-state index contributed by atoms with van der Waals surface area (Å²) in [6, 6.07) is 7.44. The second-order valence-electron chi connectivity index (χ2n) is 5.61. The monoisotopic (exact) mass is 356 g/mol. The molecule has 3 aromatic rings. The van der Waals surface area contributed by atoms with Crippen molar-refractivity contribution < 1.29 is 19.0 Å². The molecule has 1 N–H and O–H groups in total. The Morgan fingerprint density at radius 1 is 1.31 bits per heavy atom. The third-order valence-corrected chi connectivity index (χ3v) is 3.68. The third kappa shape index (κ3) is 3.69. The quantitative estimate of drug-likeness (QED) is 0.552. The van der Waals surface area contributed by atoms with Crippen LogP contribution in [0.25, 0.3) is 5.65 Å². The van der Waals surface area contributed by atoms with E-state index < -0.39 is 11.8 Å². The van der Waals surface area contributed by atoms with Crippen LogP contribution in [0.15, 0.2) is 46.8 Å². The van der Waals surface area contributed by atoms with E-state index in [2.05, 4.69) is 15.2 Å². The van der Waals surface area contributed by atoms with Crippen LogP contribution in [0.5, 0.6) is 5.75 Å². The fourth-order valence-electron chi connectivity index (χ4n) is 2.48. The highest BCUT2D eigenvalue weighted by atomic mass is 19.1. The SMILES string of the molecule is CCOC(=O)Cc1nc2ccc(F)cn2c1N=Nc1ccc(O)cc1C. The van der Waals surface area contributed by atoms with Crippen molar-refractivity contribution in [2.75, 3.05) is 6.61 Å². The third-order valence-electron chi connectivity index (χ3n) is 3.68. The van der Waals surface area contributed by atoms with E-state index >= 15 is 0 Å². The number of rotatable bonds is 5. The number of hydrogen-bond donors (Lipinski definition) is 1. The van der Waals surface area contributed by atoms with E-state index in [0.717, 1.165) is 5.56 Å². The minimum absolute atomic E-state index is 0.0972. The summed E-state index contributed by atoms with van der Waals surface area (Å²) in [5, 5.41) is 17.8. The van der Waals surface area contributed by atoms with Gasteiger partial charge in [0, 0.05) is 6.20 Å². The topological polar surface area (TPSA) is 88.5 Å². The van der Waals surface area contributed by atoms with Crippen molar-refractivity contribution >= 4 is 23.1 Å². The maximum absolute atomic E-state index is 13.6. The molecule has 1 aromatic carbocycles. The Balaban J connectivity index is 2.05. The van der Waals surface area contributed by atoms with Crippen molar-refractivity contribution in [1.29, 1.82) is 0 Å². The zero-order chi connectivity index (χ0) is 18.7. The van der Waals surface area contributed by atoms with E-state index in [1.54, 1.807) is 26.0 Å². The molecule has 0 radical (unpaired) electrons. The Labute approximate surface area is 148 Å². The number of esters is 1. The molecule has 0 amide bonds. The molecular formula is C18H17FN4O3. The van der Waals surface area contributed by atoms with E-state index in [9.17, 15) is 14.3 Å². The molecule has 0 unspecified atom stereocenters. The molecule has 3 rings (SSSR count). The maximum Gasteiger partial charge on any atom is 0.312 e. The summed E-state index contributed by atoms with van der Waals surface area (Å²) in [4.78, 5) is 16.2. The van der Waals surface area contributed by atoms with Gasteiger partial charge >= 0.3 is 5.97 Å². The van der Waals surface area contributed by atoms with E-state index in [0.29, 0.717) is 17.0 Å². The van der Waals surface area contributed by atoms with Gasteiger partial charge in [-0.2, -0.15) is 0 Å². The highest BCUT2D eigenvalue weighted by Gasteiger charge is 2.17. The molecule has 7 nitrogen and oxygen atoms in total. The highest BCUT2D eigenvalue weighted by Crippen LogP contribution is 2.28. The predicted molar refractivity (Wildman–Crippen MR) is 92.5 cm³/mol. The Morgan fingerprint density at radius 3 is 2.85 bits per heavy atom. The van der Waals surface area contributed by atoms with E-state index in [1.165, 1.54) is 28.8 Å². The predicted octanol–water partition coefficient (Wildman–Crippen LogP) is 4.01. The molecular weight excluding hydrogens is 339 g/mol. The first-order chi connectivity index (χ1) is 12.5. The number of phenols is 1. The number of ether oxygens (including phenoxy) is 1. The molecule has 0 atom stereocenters. The average Bonchev–Trinajstić information content (AvgIpc) is 2.91. The smallest absolute Gasteiger partial charge is 0.312 e. The lowest BCUT2D eigenvalue weighted by molar-refractivity contribution is -0.142. The van der Waals surface area contributed by atoms with Crippen molar-refractivity contribution in [3.05, 3.63) is 53.6 Å². The number of imidazole rings is 1. The van der Waals surface area contributed by atoms with Gasteiger partial charge in [-0.05, 0) is 49.7 Å². The number of hydrogen-bond acceptors (Lipinski definition) is 6. The molecule has 2 heterocycles. The fourth-order valence-corrected chi connectivity index (χ4v) is 2.48. The lowest BCUT2D eigenvalue weighted by Gasteiger charge is -2.02. The van der Waals surface area contributed by atoms with Gasteiger partial charge in [-0.25, -0.2) is 9.37 Å². The van der Waals surface area contributed by atoms with Gasteiger partial charge in [-0.3, -0.25) is 9.20 Å². The number of aromatic hydroxyl groups is 1. The van der Waals surface area contributed by atoms with Crippen LogP contribution in [0.4, 0.5) is 15.9 Å². The van der Waals surface area contributed by atoms with Crippen molar-refractivity contribution in [1.82, 2.24) is 9.38 Å². The summed E-state index contributed by atoms with van der Waals surface area (Å²) in [6.45, 7) is 3.75. The first-order valence-electron chi connectivity index (χ1n) is 8.01. The minimum Gasteiger partial charge on any atom is -0.508 e. The minimum atomic E-state index is -0.463. The average molecular weight is 356 g/mol. The number of aryl methyl sites for hydroxylation is 1. The summed E-state index contributed by atoms with van der Waals surface area (Å²) in [6.07, 6.45) is 1.13. The van der Waals surface area contributed by atoms with Gasteiger partial charge in [-0.1, -0.05) is 0 Å².